The summed E-state index contributed by atoms with van der Waals surface area (Å²) in [5.74, 6) is 0.410. The van der Waals surface area contributed by atoms with Gasteiger partial charge in [-0.2, -0.15) is 0 Å². The topological polar surface area (TPSA) is 0 Å². The van der Waals surface area contributed by atoms with Gasteiger partial charge in [0.05, 0.1) is 0 Å². The lowest BCUT2D eigenvalue weighted by atomic mass is 9.86. The van der Waals surface area contributed by atoms with Crippen LogP contribution < -0.4 is 0 Å². The summed E-state index contributed by atoms with van der Waals surface area (Å²) in [7, 11) is 0. The highest BCUT2D eigenvalue weighted by atomic mass is 14.2. The summed E-state index contributed by atoms with van der Waals surface area (Å²) >= 11 is 0. The molecule has 103 valence electrons. The molecule has 0 aliphatic rings. The van der Waals surface area contributed by atoms with E-state index in [1.54, 1.807) is 0 Å². The zero-order chi connectivity index (χ0) is 14.3. The monoisotopic (exact) mass is 271 g/mol. The lowest BCUT2D eigenvalue weighted by Gasteiger charge is -2.18. The molecule has 0 N–H and O–H groups in total. The number of hydrogen-bond donors (Lipinski definition) is 0. The van der Waals surface area contributed by atoms with Gasteiger partial charge < -0.3 is 0 Å². The van der Waals surface area contributed by atoms with Crippen LogP contribution >= 0.6 is 0 Å². The molecule has 0 aliphatic heterocycles. The van der Waals surface area contributed by atoms with E-state index in [9.17, 15) is 0 Å². The standard InChI is InChI=1S/C21H19/c1-4-10-18(11-5-1)16-17-21(19-12-6-2-7-13-19)20-14-8-3-9-15-20/h1-16,21H,17H2. The fourth-order valence-electron chi connectivity index (χ4n) is 2.68. The van der Waals surface area contributed by atoms with Crippen LogP contribution in [0.25, 0.3) is 0 Å². The van der Waals surface area contributed by atoms with Crippen LogP contribution in [-0.2, 0) is 0 Å². The first-order valence-electron chi connectivity index (χ1n) is 7.41. The lowest BCUT2D eigenvalue weighted by Crippen LogP contribution is -2.02. The predicted octanol–water partition coefficient (Wildman–Crippen LogP) is 5.46. The molecular formula is C21H19. The van der Waals surface area contributed by atoms with Gasteiger partial charge in [-0.1, -0.05) is 91.0 Å². The Morgan fingerprint density at radius 1 is 0.571 bits per heavy atom. The molecule has 0 nitrogen and oxygen atoms in total. The molecule has 1 radical (unpaired) electrons. The van der Waals surface area contributed by atoms with Crippen LogP contribution in [-0.4, -0.2) is 0 Å². The molecule has 0 fully saturated rings. The third-order valence-corrected chi connectivity index (χ3v) is 3.79. The molecule has 0 unspecified atom stereocenters. The smallest absolute Gasteiger partial charge is 0.00953 e. The molecule has 0 bridgehead atoms. The summed E-state index contributed by atoms with van der Waals surface area (Å²) in [6.07, 6.45) is 3.34. The highest BCUT2D eigenvalue weighted by Crippen LogP contribution is 2.29. The third kappa shape index (κ3) is 3.61. The van der Waals surface area contributed by atoms with Crippen molar-refractivity contribution < 1.29 is 0 Å². The van der Waals surface area contributed by atoms with Crippen molar-refractivity contribution in [2.24, 2.45) is 0 Å². The average Bonchev–Trinajstić information content (AvgIpc) is 2.58. The van der Waals surface area contributed by atoms with Crippen molar-refractivity contribution >= 4 is 0 Å². The molecule has 0 aromatic heterocycles. The largest absolute Gasteiger partial charge is 0.0622 e. The third-order valence-electron chi connectivity index (χ3n) is 3.79. The van der Waals surface area contributed by atoms with E-state index in [-0.39, 0.29) is 0 Å². The van der Waals surface area contributed by atoms with E-state index in [0.29, 0.717) is 5.92 Å². The highest BCUT2D eigenvalue weighted by molar-refractivity contribution is 5.34. The second-order valence-corrected chi connectivity index (χ2v) is 5.22. The molecule has 21 heavy (non-hydrogen) atoms. The van der Waals surface area contributed by atoms with Gasteiger partial charge >= 0.3 is 0 Å². The summed E-state index contributed by atoms with van der Waals surface area (Å²) in [5, 5.41) is 0. The first-order valence-corrected chi connectivity index (χ1v) is 7.41. The Kier molecular flexibility index (Phi) is 4.48. The van der Waals surface area contributed by atoms with Crippen molar-refractivity contribution in [3.8, 4) is 0 Å². The van der Waals surface area contributed by atoms with Gasteiger partial charge in [-0.15, -0.1) is 0 Å². The van der Waals surface area contributed by atoms with Gasteiger partial charge in [0.15, 0.2) is 0 Å². The normalized spacial score (nSPS) is 10.7. The zero-order valence-corrected chi connectivity index (χ0v) is 12.0. The predicted molar refractivity (Wildman–Crippen MR) is 89.2 cm³/mol. The molecule has 0 amide bonds. The molecule has 3 rings (SSSR count). The van der Waals surface area contributed by atoms with Gasteiger partial charge in [-0.05, 0) is 29.5 Å². The second-order valence-electron chi connectivity index (χ2n) is 5.22. The fraction of sp³-hybridized carbons (Fsp3) is 0.0952. The van der Waals surface area contributed by atoms with E-state index >= 15 is 0 Å². The minimum atomic E-state index is 0.410. The Morgan fingerprint density at radius 2 is 1.00 bits per heavy atom. The van der Waals surface area contributed by atoms with Crippen LogP contribution in [0.5, 0.6) is 0 Å². The van der Waals surface area contributed by atoms with Crippen LogP contribution in [0.4, 0.5) is 0 Å². The Morgan fingerprint density at radius 3 is 1.48 bits per heavy atom. The van der Waals surface area contributed by atoms with E-state index in [2.05, 4.69) is 97.4 Å². The van der Waals surface area contributed by atoms with E-state index in [1.807, 2.05) is 0 Å². The molecule has 0 heteroatoms. The minimum absolute atomic E-state index is 0.410. The summed E-state index contributed by atoms with van der Waals surface area (Å²) in [4.78, 5) is 0. The maximum atomic E-state index is 2.32. The molecule has 3 aromatic rings. The van der Waals surface area contributed by atoms with Crippen LogP contribution in [0.15, 0.2) is 91.0 Å². The molecular weight excluding hydrogens is 252 g/mol. The first kappa shape index (κ1) is 13.6. The van der Waals surface area contributed by atoms with Gasteiger partial charge in [0, 0.05) is 5.92 Å². The SMILES string of the molecule is [CH](CC(c1ccccc1)c1ccccc1)c1ccccc1. The zero-order valence-electron chi connectivity index (χ0n) is 12.0. The quantitative estimate of drug-likeness (QED) is 0.578. The van der Waals surface area contributed by atoms with Crippen molar-refractivity contribution in [3.63, 3.8) is 0 Å². The summed E-state index contributed by atoms with van der Waals surface area (Å²) in [6, 6.07) is 32.1. The van der Waals surface area contributed by atoms with E-state index in [0.717, 1.165) is 6.42 Å². The van der Waals surface area contributed by atoms with E-state index in [4.69, 9.17) is 0 Å². The van der Waals surface area contributed by atoms with Gasteiger partial charge in [0.25, 0.3) is 0 Å². The van der Waals surface area contributed by atoms with Crippen LogP contribution in [0.3, 0.4) is 0 Å². The first-order chi connectivity index (χ1) is 10.4. The molecule has 0 spiro atoms. The van der Waals surface area contributed by atoms with Gasteiger partial charge in [-0.3, -0.25) is 0 Å². The number of rotatable bonds is 5. The Balaban J connectivity index is 1.83. The Hall–Kier alpha value is -2.34. The number of benzene rings is 3. The summed E-state index contributed by atoms with van der Waals surface area (Å²) in [6.45, 7) is 0. The maximum Gasteiger partial charge on any atom is 0.00953 e. The second kappa shape index (κ2) is 6.90. The molecule has 0 saturated heterocycles. The van der Waals surface area contributed by atoms with Crippen molar-refractivity contribution in [1.29, 1.82) is 0 Å². The van der Waals surface area contributed by atoms with Crippen molar-refractivity contribution in [2.45, 2.75) is 12.3 Å². The molecule has 0 heterocycles. The van der Waals surface area contributed by atoms with Gasteiger partial charge in [0.2, 0.25) is 0 Å². The summed E-state index contributed by atoms with van der Waals surface area (Å²) in [5.41, 5.74) is 4.03. The Labute approximate surface area is 127 Å². The minimum Gasteiger partial charge on any atom is -0.0622 e. The maximum absolute atomic E-state index is 2.32. The van der Waals surface area contributed by atoms with Gasteiger partial charge in [0.1, 0.15) is 0 Å². The average molecular weight is 271 g/mol. The van der Waals surface area contributed by atoms with Crippen molar-refractivity contribution in [2.75, 3.05) is 0 Å². The van der Waals surface area contributed by atoms with Crippen LogP contribution in [0.1, 0.15) is 29.0 Å². The lowest BCUT2D eigenvalue weighted by molar-refractivity contribution is 0.800. The highest BCUT2D eigenvalue weighted by Gasteiger charge is 2.13. The molecule has 0 atom stereocenters. The molecule has 3 aromatic carbocycles. The van der Waals surface area contributed by atoms with Crippen molar-refractivity contribution in [1.82, 2.24) is 0 Å². The molecule has 0 saturated carbocycles. The fourth-order valence-corrected chi connectivity index (χ4v) is 2.68. The summed E-state index contributed by atoms with van der Waals surface area (Å²) < 4.78 is 0. The van der Waals surface area contributed by atoms with E-state index < -0.39 is 0 Å². The van der Waals surface area contributed by atoms with E-state index in [1.165, 1.54) is 16.7 Å². The molecule has 0 aliphatic carbocycles. The van der Waals surface area contributed by atoms with Crippen molar-refractivity contribution in [3.05, 3.63) is 114 Å². The number of hydrogen-bond acceptors (Lipinski definition) is 0. The van der Waals surface area contributed by atoms with Gasteiger partial charge in [-0.25, -0.2) is 0 Å². The van der Waals surface area contributed by atoms with Crippen LogP contribution in [0, 0.1) is 6.42 Å². The van der Waals surface area contributed by atoms with Crippen LogP contribution in [0.2, 0.25) is 0 Å². The Bertz CT molecular complexity index is 602.